The van der Waals surface area contributed by atoms with Gasteiger partial charge in [0.1, 0.15) is 11.6 Å². The number of carbonyl (C=O) groups is 1. The maximum atomic E-state index is 10.6. The summed E-state index contributed by atoms with van der Waals surface area (Å²) in [5, 5.41) is 15.9. The molecule has 35 heavy (non-hydrogen) atoms. The molecular weight excluding hydrogens is 463 g/mol. The second kappa shape index (κ2) is 10.6. The van der Waals surface area contributed by atoms with E-state index < -0.39 is 12.1 Å². The van der Waals surface area contributed by atoms with Gasteiger partial charge in [0.2, 0.25) is 0 Å². The van der Waals surface area contributed by atoms with E-state index in [4.69, 9.17) is 14.6 Å². The Labute approximate surface area is 200 Å². The summed E-state index contributed by atoms with van der Waals surface area (Å²) in [7, 11) is 0. The zero-order valence-electron chi connectivity index (χ0n) is 19.4. The maximum Gasteiger partial charge on any atom is 0.490 e. The van der Waals surface area contributed by atoms with Crippen LogP contribution < -0.4 is 4.74 Å². The zero-order valence-corrected chi connectivity index (χ0v) is 19.4. The van der Waals surface area contributed by atoms with Crippen LogP contribution in [0.2, 0.25) is 0 Å². The summed E-state index contributed by atoms with van der Waals surface area (Å²) in [6.45, 7) is 5.89. The van der Waals surface area contributed by atoms with E-state index in [1.807, 2.05) is 13.1 Å². The van der Waals surface area contributed by atoms with E-state index in [2.05, 4.69) is 54.9 Å². The predicted octanol–water partition coefficient (Wildman–Crippen LogP) is 4.41. The number of aromatic nitrogens is 4. The highest BCUT2D eigenvalue weighted by Crippen LogP contribution is 2.40. The van der Waals surface area contributed by atoms with Gasteiger partial charge >= 0.3 is 12.1 Å². The molecule has 2 aromatic heterocycles. The number of likely N-dealkylation sites (tertiary alicyclic amines) is 1. The number of alkyl halides is 3. The van der Waals surface area contributed by atoms with Crippen molar-refractivity contribution in [2.24, 2.45) is 0 Å². The molecule has 11 heteroatoms. The topological polar surface area (TPSA) is 92.9 Å². The zero-order chi connectivity index (χ0) is 25.0. The van der Waals surface area contributed by atoms with Gasteiger partial charge in [-0.05, 0) is 74.9 Å². The molecule has 1 saturated heterocycles. The quantitative estimate of drug-likeness (QED) is 0.546. The highest BCUT2D eigenvalue weighted by Gasteiger charge is 2.38. The Morgan fingerprint density at radius 2 is 1.74 bits per heavy atom. The predicted molar refractivity (Wildman–Crippen MR) is 121 cm³/mol. The van der Waals surface area contributed by atoms with Gasteiger partial charge in [0.05, 0.1) is 6.61 Å². The monoisotopic (exact) mass is 491 g/mol. The van der Waals surface area contributed by atoms with E-state index >= 15 is 0 Å². The average molecular weight is 492 g/mol. The summed E-state index contributed by atoms with van der Waals surface area (Å²) in [6, 6.07) is 8.49. The van der Waals surface area contributed by atoms with Crippen molar-refractivity contribution in [1.82, 2.24) is 24.5 Å². The molecule has 0 spiro atoms. The molecule has 3 aromatic rings. The van der Waals surface area contributed by atoms with Gasteiger partial charge in [-0.25, -0.2) is 9.78 Å². The number of piperidine rings is 1. The van der Waals surface area contributed by atoms with E-state index in [1.54, 1.807) is 0 Å². The molecule has 3 heterocycles. The van der Waals surface area contributed by atoms with Crippen molar-refractivity contribution in [3.8, 4) is 5.75 Å². The third-order valence-corrected chi connectivity index (χ3v) is 6.20. The minimum absolute atomic E-state index is 0.461. The molecule has 0 amide bonds. The number of rotatable bonds is 6. The lowest BCUT2D eigenvalue weighted by Crippen LogP contribution is -2.33. The van der Waals surface area contributed by atoms with Crippen molar-refractivity contribution in [3.05, 3.63) is 53.6 Å². The fourth-order valence-corrected chi connectivity index (χ4v) is 4.19. The number of nitrogens with zero attached hydrogens (tertiary/aromatic N) is 5. The number of ether oxygens (including phenoxy) is 1. The van der Waals surface area contributed by atoms with Gasteiger partial charge in [-0.1, -0.05) is 12.1 Å². The van der Waals surface area contributed by atoms with E-state index in [9.17, 15) is 13.2 Å². The first-order valence-corrected chi connectivity index (χ1v) is 11.7. The van der Waals surface area contributed by atoms with Crippen LogP contribution in [0.3, 0.4) is 0 Å². The lowest BCUT2D eigenvalue weighted by molar-refractivity contribution is -0.192. The van der Waals surface area contributed by atoms with Crippen molar-refractivity contribution < 1.29 is 27.8 Å². The lowest BCUT2D eigenvalue weighted by Gasteiger charge is -2.31. The molecule has 188 valence electrons. The Kier molecular flexibility index (Phi) is 7.54. The normalized spacial score (nSPS) is 17.1. The Morgan fingerprint density at radius 3 is 2.31 bits per heavy atom. The average Bonchev–Trinajstić information content (AvgIpc) is 3.60. The smallest absolute Gasteiger partial charge is 0.490 e. The summed E-state index contributed by atoms with van der Waals surface area (Å²) in [5.41, 5.74) is 2.68. The molecule has 1 aliphatic heterocycles. The molecule has 0 bridgehead atoms. The number of hydrogen-bond donors (Lipinski definition) is 1. The second-order valence-corrected chi connectivity index (χ2v) is 8.82. The Balaban J connectivity index is 0.000000364. The highest BCUT2D eigenvalue weighted by molar-refractivity contribution is 5.73. The SMILES string of the molecule is CCOc1ccc(CN2CCC(c3nnc4ncc(C5CC5)cn34)CC2)cc1.O=C(O)C(F)(F)F. The van der Waals surface area contributed by atoms with E-state index in [0.717, 1.165) is 49.8 Å². The van der Waals surface area contributed by atoms with Gasteiger partial charge in [0.15, 0.2) is 0 Å². The van der Waals surface area contributed by atoms with Crippen LogP contribution in [0, 0.1) is 0 Å². The third kappa shape index (κ3) is 6.47. The van der Waals surface area contributed by atoms with Crippen LogP contribution >= 0.6 is 0 Å². The molecule has 2 fully saturated rings. The van der Waals surface area contributed by atoms with Crippen molar-refractivity contribution in [2.75, 3.05) is 19.7 Å². The molecule has 0 unspecified atom stereocenters. The fraction of sp³-hybridized carbons (Fsp3) is 0.500. The van der Waals surface area contributed by atoms with Crippen molar-refractivity contribution in [2.45, 2.75) is 57.2 Å². The van der Waals surface area contributed by atoms with Crippen LogP contribution in [0.1, 0.15) is 61.4 Å². The van der Waals surface area contributed by atoms with Crippen molar-refractivity contribution >= 4 is 11.7 Å². The molecule has 1 aromatic carbocycles. The fourth-order valence-electron chi connectivity index (χ4n) is 4.19. The Hall–Kier alpha value is -3.21. The largest absolute Gasteiger partial charge is 0.494 e. The molecule has 8 nitrogen and oxygen atoms in total. The molecular formula is C24H28F3N5O3. The van der Waals surface area contributed by atoms with E-state index in [0.29, 0.717) is 18.4 Å². The summed E-state index contributed by atoms with van der Waals surface area (Å²) in [4.78, 5) is 15.9. The van der Waals surface area contributed by atoms with Gasteiger partial charge in [-0.3, -0.25) is 9.30 Å². The van der Waals surface area contributed by atoms with Crippen LogP contribution in [0.5, 0.6) is 5.75 Å². The molecule has 0 atom stereocenters. The molecule has 2 aliphatic rings. The van der Waals surface area contributed by atoms with Gasteiger partial charge in [0.25, 0.3) is 5.78 Å². The summed E-state index contributed by atoms with van der Waals surface area (Å²) < 4.78 is 39.4. The number of carboxylic acids is 1. The Morgan fingerprint density at radius 1 is 1.09 bits per heavy atom. The number of benzene rings is 1. The minimum Gasteiger partial charge on any atom is -0.494 e. The Bertz CT molecular complexity index is 1140. The molecule has 1 saturated carbocycles. The maximum absolute atomic E-state index is 10.6. The van der Waals surface area contributed by atoms with Gasteiger partial charge < -0.3 is 9.84 Å². The molecule has 1 aliphatic carbocycles. The summed E-state index contributed by atoms with van der Waals surface area (Å²) >= 11 is 0. The van der Waals surface area contributed by atoms with Crippen LogP contribution in [0.4, 0.5) is 13.2 Å². The van der Waals surface area contributed by atoms with E-state index in [1.165, 1.54) is 24.0 Å². The highest BCUT2D eigenvalue weighted by atomic mass is 19.4. The first-order chi connectivity index (χ1) is 16.7. The van der Waals surface area contributed by atoms with Gasteiger partial charge in [-0.2, -0.15) is 13.2 Å². The second-order valence-electron chi connectivity index (χ2n) is 8.82. The number of aliphatic carboxylic acids is 1. The molecule has 1 N–H and O–H groups in total. The van der Waals surface area contributed by atoms with Crippen molar-refractivity contribution in [3.63, 3.8) is 0 Å². The number of halogens is 3. The van der Waals surface area contributed by atoms with Crippen LogP contribution in [-0.2, 0) is 11.3 Å². The van der Waals surface area contributed by atoms with Crippen molar-refractivity contribution in [1.29, 1.82) is 0 Å². The van der Waals surface area contributed by atoms with Crippen LogP contribution in [0.25, 0.3) is 5.78 Å². The minimum atomic E-state index is -5.08. The molecule has 0 radical (unpaired) electrons. The first-order valence-electron chi connectivity index (χ1n) is 11.7. The first kappa shape index (κ1) is 24.9. The standard InChI is InChI=1S/C22H27N5O.C2HF3O2/c1-2-28-20-7-3-16(4-8-20)14-26-11-9-18(10-12-26)21-24-25-22-23-13-19(15-27(21)22)17-5-6-17;3-2(4,5)1(6)7/h3-4,7-8,13,15,17-18H,2,5-6,9-12,14H2,1H3;(H,6,7). The van der Waals surface area contributed by atoms with Crippen LogP contribution in [-0.4, -0.2) is 61.4 Å². The molecule has 5 rings (SSSR count). The summed E-state index contributed by atoms with van der Waals surface area (Å²) in [6.07, 6.45) is 3.92. The van der Waals surface area contributed by atoms with E-state index in [-0.39, 0.29) is 0 Å². The number of fused-ring (bicyclic) bond motifs is 1. The third-order valence-electron chi connectivity index (χ3n) is 6.20. The number of hydrogen-bond acceptors (Lipinski definition) is 6. The lowest BCUT2D eigenvalue weighted by atomic mass is 9.95. The van der Waals surface area contributed by atoms with Gasteiger partial charge in [-0.15, -0.1) is 10.2 Å². The number of carboxylic acid groups (broad SMARTS) is 1. The van der Waals surface area contributed by atoms with Crippen LogP contribution in [0.15, 0.2) is 36.7 Å². The summed E-state index contributed by atoms with van der Waals surface area (Å²) in [5.74, 6) is 1.17. The van der Waals surface area contributed by atoms with Gasteiger partial charge in [0, 0.05) is 24.9 Å².